The lowest BCUT2D eigenvalue weighted by molar-refractivity contribution is -0.114. The highest BCUT2D eigenvalue weighted by Gasteiger charge is 2.23. The van der Waals surface area contributed by atoms with Crippen molar-refractivity contribution in [3.05, 3.63) is 42.5 Å². The van der Waals surface area contributed by atoms with E-state index >= 15 is 0 Å². The second kappa shape index (κ2) is 7.14. The van der Waals surface area contributed by atoms with Gasteiger partial charge in [-0.2, -0.15) is 0 Å². The highest BCUT2D eigenvalue weighted by molar-refractivity contribution is 5.92. The van der Waals surface area contributed by atoms with E-state index in [0.29, 0.717) is 37.8 Å². The van der Waals surface area contributed by atoms with Crippen LogP contribution in [0, 0.1) is 0 Å². The Morgan fingerprint density at radius 1 is 1.21 bits per heavy atom. The Morgan fingerprint density at radius 3 is 2.58 bits per heavy atom. The van der Waals surface area contributed by atoms with Crippen LogP contribution in [0.1, 0.15) is 10.6 Å². The molecule has 3 heterocycles. The van der Waals surface area contributed by atoms with E-state index in [0.717, 1.165) is 5.69 Å². The monoisotopic (exact) mass is 329 g/mol. The average Bonchev–Trinajstić information content (AvgIpc) is 3.16. The zero-order valence-corrected chi connectivity index (χ0v) is 13.1. The van der Waals surface area contributed by atoms with Crippen molar-refractivity contribution < 1.29 is 14.0 Å². The maximum absolute atomic E-state index is 12.2. The Balaban J connectivity index is 1.56. The summed E-state index contributed by atoms with van der Waals surface area (Å²) < 4.78 is 5.16. The molecule has 0 aliphatic carbocycles. The van der Waals surface area contributed by atoms with E-state index < -0.39 is 0 Å². The average molecular weight is 329 g/mol. The molecule has 0 bridgehead atoms. The molecule has 0 aromatic carbocycles. The minimum absolute atomic E-state index is 0.0743. The fraction of sp³-hybridized carbons (Fsp3) is 0.312. The van der Waals surface area contributed by atoms with Gasteiger partial charge in [0, 0.05) is 26.2 Å². The van der Waals surface area contributed by atoms with Crippen molar-refractivity contribution >= 4 is 23.3 Å². The van der Waals surface area contributed by atoms with E-state index in [2.05, 4.69) is 15.2 Å². The maximum Gasteiger partial charge on any atom is 0.289 e. The van der Waals surface area contributed by atoms with Gasteiger partial charge >= 0.3 is 0 Å². The first kappa shape index (κ1) is 16.0. The van der Waals surface area contributed by atoms with Gasteiger partial charge in [-0.25, -0.2) is 4.98 Å². The number of amides is 2. The molecule has 0 atom stereocenters. The zero-order valence-electron chi connectivity index (χ0n) is 13.1. The lowest BCUT2D eigenvalue weighted by atomic mass is 10.2. The van der Waals surface area contributed by atoms with Crippen molar-refractivity contribution in [2.75, 3.05) is 42.9 Å². The molecule has 2 aromatic heterocycles. The van der Waals surface area contributed by atoms with Crippen LogP contribution in [0.2, 0.25) is 0 Å². The van der Waals surface area contributed by atoms with Crippen LogP contribution in [-0.4, -0.2) is 54.4 Å². The standard InChI is InChI=1S/C16H19N5O3/c17-10-15(22)19-14-4-3-12(11-18-14)20-5-7-21(8-6-20)16(23)13-2-1-9-24-13/h1-4,9,11H,5-8,10,17H2,(H,18,19,22). The van der Waals surface area contributed by atoms with Gasteiger partial charge in [-0.1, -0.05) is 0 Å². The molecule has 0 radical (unpaired) electrons. The molecule has 126 valence electrons. The molecule has 1 aliphatic heterocycles. The Labute approximate surface area is 139 Å². The van der Waals surface area contributed by atoms with Crippen LogP contribution in [0.5, 0.6) is 0 Å². The Morgan fingerprint density at radius 2 is 2.00 bits per heavy atom. The first-order chi connectivity index (χ1) is 11.7. The number of carbonyl (C=O) groups excluding carboxylic acids is 2. The second-order valence-electron chi connectivity index (χ2n) is 5.41. The molecule has 3 N–H and O–H groups in total. The molecule has 24 heavy (non-hydrogen) atoms. The number of nitrogens with two attached hydrogens (primary N) is 1. The molecule has 3 rings (SSSR count). The number of nitrogens with one attached hydrogen (secondary N) is 1. The predicted octanol–water partition coefficient (Wildman–Crippen LogP) is 0.534. The van der Waals surface area contributed by atoms with Crippen LogP contribution in [-0.2, 0) is 4.79 Å². The molecule has 1 saturated heterocycles. The van der Waals surface area contributed by atoms with E-state index in [1.807, 2.05) is 6.07 Å². The van der Waals surface area contributed by atoms with E-state index in [4.69, 9.17) is 10.2 Å². The van der Waals surface area contributed by atoms with Gasteiger partial charge in [0.2, 0.25) is 5.91 Å². The number of piperazine rings is 1. The Hall–Kier alpha value is -2.87. The Kier molecular flexibility index (Phi) is 4.76. The first-order valence-corrected chi connectivity index (χ1v) is 7.71. The topological polar surface area (TPSA) is 105 Å². The minimum atomic E-state index is -0.277. The van der Waals surface area contributed by atoms with Gasteiger partial charge in [0.25, 0.3) is 5.91 Å². The molecule has 0 unspecified atom stereocenters. The SMILES string of the molecule is NCC(=O)Nc1ccc(N2CCN(C(=O)c3ccco3)CC2)cn1. The third-order valence-corrected chi connectivity index (χ3v) is 3.86. The summed E-state index contributed by atoms with van der Waals surface area (Å²) in [6, 6.07) is 7.01. The quantitative estimate of drug-likeness (QED) is 0.848. The van der Waals surface area contributed by atoms with Gasteiger partial charge in [-0.05, 0) is 24.3 Å². The Bertz CT molecular complexity index is 691. The van der Waals surface area contributed by atoms with E-state index in [9.17, 15) is 9.59 Å². The summed E-state index contributed by atoms with van der Waals surface area (Å²) in [5.41, 5.74) is 6.20. The molecule has 0 saturated carbocycles. The summed E-state index contributed by atoms with van der Waals surface area (Å²) in [7, 11) is 0. The van der Waals surface area contributed by atoms with E-state index in [1.165, 1.54) is 6.26 Å². The van der Waals surface area contributed by atoms with Crippen LogP contribution in [0.4, 0.5) is 11.5 Å². The number of pyridine rings is 1. The normalized spacial score (nSPS) is 14.5. The molecular weight excluding hydrogens is 310 g/mol. The van der Waals surface area contributed by atoms with Crippen LogP contribution < -0.4 is 16.0 Å². The molecule has 1 aliphatic rings. The van der Waals surface area contributed by atoms with Crippen LogP contribution in [0.3, 0.4) is 0 Å². The molecule has 8 nitrogen and oxygen atoms in total. The number of hydrogen-bond donors (Lipinski definition) is 2. The van der Waals surface area contributed by atoms with Gasteiger partial charge in [0.15, 0.2) is 5.76 Å². The fourth-order valence-electron chi connectivity index (χ4n) is 2.56. The number of aromatic nitrogens is 1. The highest BCUT2D eigenvalue weighted by atomic mass is 16.3. The second-order valence-corrected chi connectivity index (χ2v) is 5.41. The van der Waals surface area contributed by atoms with Crippen molar-refractivity contribution in [1.82, 2.24) is 9.88 Å². The van der Waals surface area contributed by atoms with Crippen molar-refractivity contribution in [3.63, 3.8) is 0 Å². The maximum atomic E-state index is 12.2. The van der Waals surface area contributed by atoms with Crippen LogP contribution in [0.15, 0.2) is 41.1 Å². The summed E-state index contributed by atoms with van der Waals surface area (Å²) in [4.78, 5) is 31.6. The summed E-state index contributed by atoms with van der Waals surface area (Å²) in [6.45, 7) is 2.58. The molecular formula is C16H19N5O3. The molecule has 0 spiro atoms. The summed E-state index contributed by atoms with van der Waals surface area (Å²) in [5.74, 6) is 0.476. The number of hydrogen-bond acceptors (Lipinski definition) is 6. The lowest BCUT2D eigenvalue weighted by Crippen LogP contribution is -2.48. The third-order valence-electron chi connectivity index (χ3n) is 3.86. The predicted molar refractivity (Wildman–Crippen MR) is 88.7 cm³/mol. The van der Waals surface area contributed by atoms with Gasteiger partial charge in [0.1, 0.15) is 5.82 Å². The highest BCUT2D eigenvalue weighted by Crippen LogP contribution is 2.18. The summed E-state index contributed by atoms with van der Waals surface area (Å²) >= 11 is 0. The lowest BCUT2D eigenvalue weighted by Gasteiger charge is -2.35. The van der Waals surface area contributed by atoms with Crippen LogP contribution >= 0.6 is 0 Å². The van der Waals surface area contributed by atoms with Crippen molar-refractivity contribution in [2.24, 2.45) is 5.73 Å². The number of anilines is 2. The zero-order chi connectivity index (χ0) is 16.9. The minimum Gasteiger partial charge on any atom is -0.459 e. The largest absolute Gasteiger partial charge is 0.459 e. The van der Waals surface area contributed by atoms with Crippen molar-refractivity contribution in [1.29, 1.82) is 0 Å². The molecule has 2 aromatic rings. The van der Waals surface area contributed by atoms with Crippen molar-refractivity contribution in [3.8, 4) is 0 Å². The van der Waals surface area contributed by atoms with Crippen LogP contribution in [0.25, 0.3) is 0 Å². The smallest absolute Gasteiger partial charge is 0.289 e. The van der Waals surface area contributed by atoms with Gasteiger partial charge in [-0.3, -0.25) is 9.59 Å². The van der Waals surface area contributed by atoms with Gasteiger partial charge in [-0.15, -0.1) is 0 Å². The number of carbonyl (C=O) groups is 2. The number of rotatable bonds is 4. The van der Waals surface area contributed by atoms with Crippen molar-refractivity contribution in [2.45, 2.75) is 0 Å². The summed E-state index contributed by atoms with van der Waals surface area (Å²) in [5, 5.41) is 2.60. The van der Waals surface area contributed by atoms with E-state index in [-0.39, 0.29) is 18.4 Å². The first-order valence-electron chi connectivity index (χ1n) is 7.71. The number of furan rings is 1. The third kappa shape index (κ3) is 3.54. The number of nitrogens with zero attached hydrogens (tertiary/aromatic N) is 3. The molecule has 8 heteroatoms. The van der Waals surface area contributed by atoms with Gasteiger partial charge in [0.05, 0.1) is 24.7 Å². The summed E-state index contributed by atoms with van der Waals surface area (Å²) in [6.07, 6.45) is 3.20. The van der Waals surface area contributed by atoms with Gasteiger partial charge < -0.3 is 25.3 Å². The fourth-order valence-corrected chi connectivity index (χ4v) is 2.56. The van der Waals surface area contributed by atoms with E-state index in [1.54, 1.807) is 29.3 Å². The molecule has 1 fully saturated rings. The molecule has 2 amide bonds.